The van der Waals surface area contributed by atoms with Crippen LogP contribution in [0.4, 0.5) is 5.69 Å². The van der Waals surface area contributed by atoms with E-state index in [1.54, 1.807) is 4.90 Å². The molecule has 0 saturated carbocycles. The summed E-state index contributed by atoms with van der Waals surface area (Å²) in [5.74, 6) is 0.0130. The highest BCUT2D eigenvalue weighted by Gasteiger charge is 2.14. The molecule has 1 heterocycles. The maximum Gasteiger partial charge on any atom is 0.272 e. The zero-order chi connectivity index (χ0) is 15.0. The fourth-order valence-electron chi connectivity index (χ4n) is 2.28. The van der Waals surface area contributed by atoms with Gasteiger partial charge in [-0.1, -0.05) is 13.8 Å². The molecular weight excluding hydrogens is 250 g/mol. The summed E-state index contributed by atoms with van der Waals surface area (Å²) in [7, 11) is 0. The predicted molar refractivity (Wildman–Crippen MR) is 84.3 cm³/mol. The molecule has 0 aliphatic carbocycles. The quantitative estimate of drug-likeness (QED) is 0.732. The van der Waals surface area contributed by atoms with Gasteiger partial charge in [-0.15, -0.1) is 0 Å². The lowest BCUT2D eigenvalue weighted by molar-refractivity contribution is 0.0767. The summed E-state index contributed by atoms with van der Waals surface area (Å²) in [6, 6.07) is 3.85. The van der Waals surface area contributed by atoms with Crippen molar-refractivity contribution in [3.63, 3.8) is 0 Å². The first-order chi connectivity index (χ1) is 9.67. The summed E-state index contributed by atoms with van der Waals surface area (Å²) < 4.78 is 0. The monoisotopic (exact) mass is 277 g/mol. The second kappa shape index (κ2) is 8.56. The van der Waals surface area contributed by atoms with Crippen LogP contribution in [0.3, 0.4) is 0 Å². The lowest BCUT2D eigenvalue weighted by Gasteiger charge is -2.24. The predicted octanol–water partition coefficient (Wildman–Crippen LogP) is 3.19. The number of anilines is 1. The van der Waals surface area contributed by atoms with Gasteiger partial charge in [-0.2, -0.15) is 0 Å². The van der Waals surface area contributed by atoms with E-state index in [1.165, 1.54) is 0 Å². The van der Waals surface area contributed by atoms with Gasteiger partial charge in [0.05, 0.1) is 11.9 Å². The lowest BCUT2D eigenvalue weighted by atomic mass is 10.2. The maximum atomic E-state index is 12.2. The molecular formula is C16H27N3O. The molecule has 0 aliphatic heterocycles. The van der Waals surface area contributed by atoms with E-state index < -0.39 is 0 Å². The van der Waals surface area contributed by atoms with E-state index in [1.807, 2.05) is 32.2 Å². The number of aromatic nitrogens is 1. The maximum absolute atomic E-state index is 12.2. The highest BCUT2D eigenvalue weighted by Crippen LogP contribution is 2.15. The molecule has 20 heavy (non-hydrogen) atoms. The lowest BCUT2D eigenvalue weighted by Crippen LogP contribution is -2.31. The van der Waals surface area contributed by atoms with Crippen LogP contribution < -0.4 is 4.90 Å². The van der Waals surface area contributed by atoms with Crippen molar-refractivity contribution in [1.29, 1.82) is 0 Å². The molecule has 1 aromatic heterocycles. The second-order valence-corrected chi connectivity index (χ2v) is 4.87. The van der Waals surface area contributed by atoms with Gasteiger partial charge in [0.25, 0.3) is 5.91 Å². The van der Waals surface area contributed by atoms with Gasteiger partial charge in [0.2, 0.25) is 0 Å². The van der Waals surface area contributed by atoms with Crippen molar-refractivity contribution in [3.8, 4) is 0 Å². The largest absolute Gasteiger partial charge is 0.370 e. The number of pyridine rings is 1. The van der Waals surface area contributed by atoms with Gasteiger partial charge < -0.3 is 9.80 Å². The van der Waals surface area contributed by atoms with Gasteiger partial charge in [-0.05, 0) is 38.8 Å². The second-order valence-electron chi connectivity index (χ2n) is 4.87. The zero-order valence-electron chi connectivity index (χ0n) is 13.2. The molecule has 112 valence electrons. The zero-order valence-corrected chi connectivity index (χ0v) is 13.2. The molecule has 0 spiro atoms. The molecule has 0 bridgehead atoms. The van der Waals surface area contributed by atoms with Crippen molar-refractivity contribution in [2.24, 2.45) is 0 Å². The summed E-state index contributed by atoms with van der Waals surface area (Å²) in [5.41, 5.74) is 1.63. The number of hydrogen-bond acceptors (Lipinski definition) is 3. The number of amides is 1. The van der Waals surface area contributed by atoms with Crippen molar-refractivity contribution >= 4 is 11.6 Å². The minimum absolute atomic E-state index is 0.0130. The fourth-order valence-corrected chi connectivity index (χ4v) is 2.28. The van der Waals surface area contributed by atoms with Crippen LogP contribution in [0, 0.1) is 0 Å². The Morgan fingerprint density at radius 3 is 2.05 bits per heavy atom. The Hall–Kier alpha value is -1.58. The molecule has 4 nitrogen and oxygen atoms in total. The van der Waals surface area contributed by atoms with Crippen LogP contribution in [-0.2, 0) is 0 Å². The van der Waals surface area contributed by atoms with Crippen molar-refractivity contribution < 1.29 is 4.79 Å². The molecule has 1 rings (SSSR count). The van der Waals surface area contributed by atoms with Crippen LogP contribution in [-0.4, -0.2) is 42.0 Å². The Morgan fingerprint density at radius 1 is 1.05 bits per heavy atom. The van der Waals surface area contributed by atoms with Crippen molar-refractivity contribution in [2.75, 3.05) is 31.1 Å². The summed E-state index contributed by atoms with van der Waals surface area (Å²) in [6.07, 6.45) is 4.04. The van der Waals surface area contributed by atoms with Crippen LogP contribution in [0.1, 0.15) is 51.0 Å². The molecule has 4 heteroatoms. The summed E-state index contributed by atoms with van der Waals surface area (Å²) >= 11 is 0. The molecule has 0 N–H and O–H groups in total. The first-order valence-electron chi connectivity index (χ1n) is 7.68. The van der Waals surface area contributed by atoms with E-state index in [0.29, 0.717) is 5.69 Å². The standard InChI is InChI=1S/C16H27N3O/c1-5-11-19(12-6-2)14-9-10-15(17-13-14)16(20)18(7-3)8-4/h9-10,13H,5-8,11-12H2,1-4H3. The Balaban J connectivity index is 2.83. The molecule has 0 saturated heterocycles. The third-order valence-corrected chi connectivity index (χ3v) is 3.37. The third-order valence-electron chi connectivity index (χ3n) is 3.37. The van der Waals surface area contributed by atoms with Crippen LogP contribution in [0.2, 0.25) is 0 Å². The van der Waals surface area contributed by atoms with Gasteiger partial charge >= 0.3 is 0 Å². The van der Waals surface area contributed by atoms with Crippen molar-refractivity contribution in [2.45, 2.75) is 40.5 Å². The van der Waals surface area contributed by atoms with E-state index in [4.69, 9.17) is 0 Å². The highest BCUT2D eigenvalue weighted by atomic mass is 16.2. The third kappa shape index (κ3) is 4.22. The molecule has 0 unspecified atom stereocenters. The van der Waals surface area contributed by atoms with Gasteiger partial charge in [-0.3, -0.25) is 4.79 Å². The Kier molecular flexibility index (Phi) is 7.05. The minimum atomic E-state index is 0.0130. The minimum Gasteiger partial charge on any atom is -0.370 e. The number of rotatable bonds is 8. The van der Waals surface area contributed by atoms with Crippen LogP contribution in [0.25, 0.3) is 0 Å². The Morgan fingerprint density at radius 2 is 1.65 bits per heavy atom. The summed E-state index contributed by atoms with van der Waals surface area (Å²) in [4.78, 5) is 20.6. The first kappa shape index (κ1) is 16.5. The van der Waals surface area contributed by atoms with E-state index in [0.717, 1.165) is 44.7 Å². The topological polar surface area (TPSA) is 36.4 Å². The molecule has 0 aliphatic rings. The van der Waals surface area contributed by atoms with Crippen LogP contribution >= 0.6 is 0 Å². The average molecular weight is 277 g/mol. The first-order valence-corrected chi connectivity index (χ1v) is 7.68. The normalized spacial score (nSPS) is 10.4. The van der Waals surface area contributed by atoms with Crippen LogP contribution in [0.15, 0.2) is 18.3 Å². The molecule has 0 radical (unpaired) electrons. The highest BCUT2D eigenvalue weighted by molar-refractivity contribution is 5.92. The van der Waals surface area contributed by atoms with Crippen molar-refractivity contribution in [3.05, 3.63) is 24.0 Å². The Labute approximate surface area is 122 Å². The number of carbonyl (C=O) groups is 1. The summed E-state index contributed by atoms with van der Waals surface area (Å²) in [5, 5.41) is 0. The molecule has 1 aromatic rings. The SMILES string of the molecule is CCCN(CCC)c1ccc(C(=O)N(CC)CC)nc1. The number of nitrogens with zero attached hydrogens (tertiary/aromatic N) is 3. The van der Waals surface area contributed by atoms with Gasteiger partial charge in [0.1, 0.15) is 5.69 Å². The van der Waals surface area contributed by atoms with Gasteiger partial charge in [0, 0.05) is 26.2 Å². The van der Waals surface area contributed by atoms with Gasteiger partial charge in [-0.25, -0.2) is 4.98 Å². The Bertz CT molecular complexity index is 393. The van der Waals surface area contributed by atoms with E-state index in [9.17, 15) is 4.79 Å². The fraction of sp³-hybridized carbons (Fsp3) is 0.625. The molecule has 0 atom stereocenters. The van der Waals surface area contributed by atoms with E-state index >= 15 is 0 Å². The smallest absolute Gasteiger partial charge is 0.272 e. The van der Waals surface area contributed by atoms with Crippen LogP contribution in [0.5, 0.6) is 0 Å². The van der Waals surface area contributed by atoms with E-state index in [2.05, 4.69) is 23.7 Å². The molecule has 0 aromatic carbocycles. The average Bonchev–Trinajstić information content (AvgIpc) is 2.48. The number of hydrogen-bond donors (Lipinski definition) is 0. The van der Waals surface area contributed by atoms with E-state index in [-0.39, 0.29) is 5.91 Å². The number of carbonyl (C=O) groups excluding carboxylic acids is 1. The van der Waals surface area contributed by atoms with Crippen molar-refractivity contribution in [1.82, 2.24) is 9.88 Å². The van der Waals surface area contributed by atoms with Gasteiger partial charge in [0.15, 0.2) is 0 Å². The molecule has 1 amide bonds. The summed E-state index contributed by atoms with van der Waals surface area (Å²) in [6.45, 7) is 11.8. The molecule has 0 fully saturated rings.